The van der Waals surface area contributed by atoms with Crippen molar-refractivity contribution in [1.82, 2.24) is 0 Å². The van der Waals surface area contributed by atoms with E-state index >= 15 is 0 Å². The summed E-state index contributed by atoms with van der Waals surface area (Å²) in [4.78, 5) is 0. The van der Waals surface area contributed by atoms with Crippen molar-refractivity contribution in [2.24, 2.45) is 0 Å². The zero-order valence-corrected chi connectivity index (χ0v) is 12.1. The molecule has 0 heterocycles. The summed E-state index contributed by atoms with van der Waals surface area (Å²) in [5, 5.41) is 3.01. The van der Waals surface area contributed by atoms with Gasteiger partial charge in [-0.25, -0.2) is 8.78 Å². The molecule has 0 fully saturated rings. The van der Waals surface area contributed by atoms with E-state index in [1.165, 1.54) is 18.2 Å². The summed E-state index contributed by atoms with van der Waals surface area (Å²) in [6, 6.07) is 6.43. The normalized spacial score (nSPS) is 10.4. The summed E-state index contributed by atoms with van der Waals surface area (Å²) in [5.74, 6) is -1.09. The van der Waals surface area contributed by atoms with Gasteiger partial charge in [-0.1, -0.05) is 11.6 Å². The molecule has 0 saturated heterocycles. The largest absolute Gasteiger partial charge is 0.450 e. The number of nitrogens with one attached hydrogen (secondary N) is 1. The van der Waals surface area contributed by atoms with E-state index in [0.29, 0.717) is 10.2 Å². The lowest BCUT2D eigenvalue weighted by molar-refractivity contribution is 0.441. The Balaban J connectivity index is 2.48. The maximum atomic E-state index is 13.8. The molecule has 0 amide bonds. The van der Waals surface area contributed by atoms with Gasteiger partial charge in [-0.3, -0.25) is 0 Å². The van der Waals surface area contributed by atoms with Crippen LogP contribution in [0, 0.1) is 11.6 Å². The van der Waals surface area contributed by atoms with Gasteiger partial charge in [-0.15, -0.1) is 0 Å². The molecule has 100 valence electrons. The summed E-state index contributed by atoms with van der Waals surface area (Å²) >= 11 is 9.16. The lowest BCUT2D eigenvalue weighted by atomic mass is 10.2. The molecule has 0 unspecified atom stereocenters. The molecule has 0 bridgehead atoms. The van der Waals surface area contributed by atoms with Gasteiger partial charge in [0.1, 0.15) is 11.6 Å². The van der Waals surface area contributed by atoms with Crippen LogP contribution in [0.5, 0.6) is 11.5 Å². The molecule has 0 aliphatic rings. The van der Waals surface area contributed by atoms with Crippen LogP contribution in [0.15, 0.2) is 34.8 Å². The minimum Gasteiger partial charge on any atom is -0.450 e. The quantitative estimate of drug-likeness (QED) is 0.821. The maximum absolute atomic E-state index is 13.8. The fraction of sp³-hybridized carbons (Fsp3) is 0.0769. The number of hydrogen-bond donors (Lipinski definition) is 1. The first kappa shape index (κ1) is 14.1. The molecular formula is C13H9BrClF2NO. The molecule has 0 radical (unpaired) electrons. The molecule has 0 saturated carbocycles. The molecule has 0 atom stereocenters. The molecule has 0 spiro atoms. The van der Waals surface area contributed by atoms with Crippen molar-refractivity contribution in [2.75, 3.05) is 12.4 Å². The van der Waals surface area contributed by atoms with Crippen LogP contribution in [0.3, 0.4) is 0 Å². The molecular weight excluding hydrogens is 340 g/mol. The zero-order valence-electron chi connectivity index (χ0n) is 9.81. The third-order valence-electron chi connectivity index (χ3n) is 2.41. The van der Waals surface area contributed by atoms with Gasteiger partial charge in [0.25, 0.3) is 0 Å². The Bertz CT molecular complexity index is 622. The van der Waals surface area contributed by atoms with E-state index in [2.05, 4.69) is 21.2 Å². The molecule has 2 aromatic carbocycles. The number of halogens is 4. The monoisotopic (exact) mass is 347 g/mol. The molecule has 0 aliphatic carbocycles. The highest BCUT2D eigenvalue weighted by atomic mass is 79.9. The maximum Gasteiger partial charge on any atom is 0.187 e. The highest BCUT2D eigenvalue weighted by Crippen LogP contribution is 2.39. The van der Waals surface area contributed by atoms with E-state index in [1.807, 2.05) is 0 Å². The minimum absolute atomic E-state index is 0.0511. The van der Waals surface area contributed by atoms with Crippen molar-refractivity contribution >= 4 is 33.2 Å². The molecule has 2 nitrogen and oxygen atoms in total. The highest BCUT2D eigenvalue weighted by Gasteiger charge is 2.15. The summed E-state index contributed by atoms with van der Waals surface area (Å²) in [5.41, 5.74) is 0.417. The van der Waals surface area contributed by atoms with Crippen LogP contribution in [0.2, 0.25) is 5.02 Å². The van der Waals surface area contributed by atoms with Crippen molar-refractivity contribution in [3.05, 3.63) is 51.5 Å². The summed E-state index contributed by atoms with van der Waals surface area (Å²) in [6.45, 7) is 0. The van der Waals surface area contributed by atoms with Gasteiger partial charge in [0, 0.05) is 17.6 Å². The number of ether oxygens (including phenoxy) is 1. The topological polar surface area (TPSA) is 21.3 Å². The summed E-state index contributed by atoms with van der Waals surface area (Å²) in [7, 11) is 1.62. The lowest BCUT2D eigenvalue weighted by Gasteiger charge is -2.14. The van der Waals surface area contributed by atoms with Crippen LogP contribution in [0.4, 0.5) is 14.5 Å². The van der Waals surface area contributed by atoms with Crippen molar-refractivity contribution in [3.8, 4) is 11.5 Å². The minimum atomic E-state index is -0.576. The third-order valence-corrected chi connectivity index (χ3v) is 3.39. The second kappa shape index (κ2) is 5.75. The smallest absolute Gasteiger partial charge is 0.187 e. The van der Waals surface area contributed by atoms with E-state index < -0.39 is 11.6 Å². The lowest BCUT2D eigenvalue weighted by Crippen LogP contribution is -1.98. The van der Waals surface area contributed by atoms with E-state index in [0.717, 1.165) is 6.07 Å². The van der Waals surface area contributed by atoms with Crippen molar-refractivity contribution in [1.29, 1.82) is 0 Å². The average Bonchev–Trinajstić information content (AvgIpc) is 2.38. The zero-order chi connectivity index (χ0) is 14.0. The van der Waals surface area contributed by atoms with Crippen LogP contribution in [0.1, 0.15) is 0 Å². The van der Waals surface area contributed by atoms with Crippen molar-refractivity contribution < 1.29 is 13.5 Å². The predicted octanol–water partition coefficient (Wildman–Crippen LogP) is 5.21. The van der Waals surface area contributed by atoms with Gasteiger partial charge >= 0.3 is 0 Å². The Morgan fingerprint density at radius 3 is 2.63 bits per heavy atom. The Labute approximate surface area is 122 Å². The molecule has 6 heteroatoms. The van der Waals surface area contributed by atoms with Gasteiger partial charge in [0.15, 0.2) is 11.6 Å². The van der Waals surface area contributed by atoms with Crippen LogP contribution in [0.25, 0.3) is 0 Å². The van der Waals surface area contributed by atoms with Gasteiger partial charge in [-0.05, 0) is 40.2 Å². The predicted molar refractivity (Wildman–Crippen MR) is 75.1 cm³/mol. The van der Waals surface area contributed by atoms with Crippen molar-refractivity contribution in [2.45, 2.75) is 0 Å². The van der Waals surface area contributed by atoms with Gasteiger partial charge < -0.3 is 10.1 Å². The van der Waals surface area contributed by atoms with Gasteiger partial charge in [0.2, 0.25) is 0 Å². The second-order valence-corrected chi connectivity index (χ2v) is 4.92. The van der Waals surface area contributed by atoms with Crippen molar-refractivity contribution in [3.63, 3.8) is 0 Å². The van der Waals surface area contributed by atoms with Crippen LogP contribution in [-0.2, 0) is 0 Å². The standard InChI is InChI=1S/C13H9BrClF2NO/c1-18-12-8(14)3-5-10(17)13(12)19-11-6-7(16)2-4-9(11)15/h2-6,18H,1H3. The summed E-state index contributed by atoms with van der Waals surface area (Å²) in [6.07, 6.45) is 0. The van der Waals surface area contributed by atoms with Crippen LogP contribution >= 0.6 is 27.5 Å². The first-order valence-electron chi connectivity index (χ1n) is 5.31. The first-order valence-corrected chi connectivity index (χ1v) is 6.48. The Kier molecular flexibility index (Phi) is 4.27. The third kappa shape index (κ3) is 2.98. The average molecular weight is 349 g/mol. The second-order valence-electron chi connectivity index (χ2n) is 3.66. The molecule has 2 aromatic rings. The molecule has 19 heavy (non-hydrogen) atoms. The van der Waals surface area contributed by atoms with E-state index in [-0.39, 0.29) is 16.5 Å². The van der Waals surface area contributed by atoms with Gasteiger partial charge in [0.05, 0.1) is 10.7 Å². The number of rotatable bonds is 3. The van der Waals surface area contributed by atoms with Gasteiger partial charge in [-0.2, -0.15) is 0 Å². The Hall–Kier alpha value is -1.33. The fourth-order valence-corrected chi connectivity index (χ4v) is 2.20. The molecule has 2 rings (SSSR count). The van der Waals surface area contributed by atoms with E-state index in [1.54, 1.807) is 13.1 Å². The van der Waals surface area contributed by atoms with E-state index in [9.17, 15) is 8.78 Å². The molecule has 0 aliphatic heterocycles. The fourth-order valence-electron chi connectivity index (χ4n) is 1.53. The summed E-state index contributed by atoms with van der Waals surface area (Å²) < 4.78 is 33.0. The molecule has 0 aromatic heterocycles. The first-order chi connectivity index (χ1) is 9.02. The van der Waals surface area contributed by atoms with Crippen LogP contribution in [-0.4, -0.2) is 7.05 Å². The number of hydrogen-bond acceptors (Lipinski definition) is 2. The highest BCUT2D eigenvalue weighted by molar-refractivity contribution is 9.10. The Morgan fingerprint density at radius 2 is 1.95 bits per heavy atom. The molecule has 1 N–H and O–H groups in total. The Morgan fingerprint density at radius 1 is 1.21 bits per heavy atom. The number of anilines is 1. The SMILES string of the molecule is CNc1c(Br)ccc(F)c1Oc1cc(F)ccc1Cl. The van der Waals surface area contributed by atoms with Crippen LogP contribution < -0.4 is 10.1 Å². The van der Waals surface area contributed by atoms with E-state index in [4.69, 9.17) is 16.3 Å². The number of benzene rings is 2.